The zero-order valence-electron chi connectivity index (χ0n) is 21.1. The SMILES string of the molecule is CCOc1ccccc1N(CC(=O)N(Cc1ccc(OC)cc1)[C@@H](C)C(=O)NC(C)C)S(C)(=O)=O. The highest BCUT2D eigenvalue weighted by atomic mass is 32.2. The molecule has 0 saturated carbocycles. The predicted molar refractivity (Wildman–Crippen MR) is 136 cm³/mol. The van der Waals surface area contributed by atoms with Gasteiger partial charge in [0.2, 0.25) is 21.8 Å². The van der Waals surface area contributed by atoms with Crippen LogP contribution in [0.15, 0.2) is 48.5 Å². The zero-order chi connectivity index (χ0) is 26.2. The average molecular weight is 506 g/mol. The monoisotopic (exact) mass is 505 g/mol. The molecule has 2 amide bonds. The highest BCUT2D eigenvalue weighted by Crippen LogP contribution is 2.30. The second kappa shape index (κ2) is 12.4. The topological polar surface area (TPSA) is 105 Å². The van der Waals surface area contributed by atoms with Crippen molar-refractivity contribution in [3.8, 4) is 11.5 Å². The normalized spacial score (nSPS) is 12.1. The third-order valence-electron chi connectivity index (χ3n) is 5.22. The molecule has 2 aromatic rings. The summed E-state index contributed by atoms with van der Waals surface area (Å²) in [5, 5.41) is 2.82. The maximum Gasteiger partial charge on any atom is 0.244 e. The smallest absolute Gasteiger partial charge is 0.244 e. The van der Waals surface area contributed by atoms with E-state index in [1.165, 1.54) is 4.90 Å². The molecule has 0 aromatic heterocycles. The maximum absolute atomic E-state index is 13.6. The molecular weight excluding hydrogens is 470 g/mol. The van der Waals surface area contributed by atoms with Gasteiger partial charge in [0.1, 0.15) is 24.1 Å². The van der Waals surface area contributed by atoms with Gasteiger partial charge in [-0.1, -0.05) is 24.3 Å². The van der Waals surface area contributed by atoms with Crippen molar-refractivity contribution in [1.29, 1.82) is 0 Å². The Bertz CT molecular complexity index is 1100. The van der Waals surface area contributed by atoms with Gasteiger partial charge in [0, 0.05) is 12.6 Å². The second-order valence-corrected chi connectivity index (χ2v) is 10.3. The molecule has 0 bridgehead atoms. The third kappa shape index (κ3) is 7.88. The summed E-state index contributed by atoms with van der Waals surface area (Å²) in [5.41, 5.74) is 1.03. The van der Waals surface area contributed by atoms with E-state index >= 15 is 0 Å². The molecular formula is C25H35N3O6S. The van der Waals surface area contributed by atoms with Crippen molar-refractivity contribution >= 4 is 27.5 Å². The first-order valence-corrected chi connectivity index (χ1v) is 13.2. The van der Waals surface area contributed by atoms with Crippen LogP contribution in [0.4, 0.5) is 5.69 Å². The number of amides is 2. The van der Waals surface area contributed by atoms with Crippen molar-refractivity contribution in [2.24, 2.45) is 0 Å². The van der Waals surface area contributed by atoms with E-state index in [0.717, 1.165) is 16.1 Å². The summed E-state index contributed by atoms with van der Waals surface area (Å²) < 4.78 is 37.3. The van der Waals surface area contributed by atoms with Gasteiger partial charge in [0.05, 0.1) is 25.7 Å². The molecule has 0 aliphatic rings. The molecule has 9 nitrogen and oxygen atoms in total. The summed E-state index contributed by atoms with van der Waals surface area (Å²) in [6, 6.07) is 12.8. The van der Waals surface area contributed by atoms with Gasteiger partial charge in [-0.3, -0.25) is 13.9 Å². The Kier molecular flexibility index (Phi) is 9.94. The fourth-order valence-electron chi connectivity index (χ4n) is 3.45. The molecule has 0 unspecified atom stereocenters. The van der Waals surface area contributed by atoms with Crippen molar-refractivity contribution in [3.05, 3.63) is 54.1 Å². The third-order valence-corrected chi connectivity index (χ3v) is 6.35. The molecule has 1 atom stereocenters. The lowest BCUT2D eigenvalue weighted by Gasteiger charge is -2.32. The first-order chi connectivity index (χ1) is 16.5. The van der Waals surface area contributed by atoms with Crippen molar-refractivity contribution in [1.82, 2.24) is 10.2 Å². The fraction of sp³-hybridized carbons (Fsp3) is 0.440. The molecule has 0 radical (unpaired) electrons. The Hall–Kier alpha value is -3.27. The van der Waals surface area contributed by atoms with Gasteiger partial charge in [-0.25, -0.2) is 8.42 Å². The van der Waals surface area contributed by atoms with E-state index in [1.807, 2.05) is 13.8 Å². The molecule has 10 heteroatoms. The predicted octanol–water partition coefficient (Wildman–Crippen LogP) is 2.80. The summed E-state index contributed by atoms with van der Waals surface area (Å²) in [7, 11) is -2.29. The van der Waals surface area contributed by atoms with Crippen molar-refractivity contribution in [2.75, 3.05) is 30.8 Å². The van der Waals surface area contributed by atoms with Crippen molar-refractivity contribution < 1.29 is 27.5 Å². The molecule has 0 spiro atoms. The van der Waals surface area contributed by atoms with Crippen LogP contribution in [0.3, 0.4) is 0 Å². The van der Waals surface area contributed by atoms with Crippen LogP contribution in [-0.4, -0.2) is 63.7 Å². The molecule has 35 heavy (non-hydrogen) atoms. The number of nitrogens with one attached hydrogen (secondary N) is 1. The van der Waals surface area contributed by atoms with E-state index in [4.69, 9.17) is 9.47 Å². The first-order valence-electron chi connectivity index (χ1n) is 11.4. The number of methoxy groups -OCH3 is 1. The molecule has 0 aliphatic carbocycles. The zero-order valence-corrected chi connectivity index (χ0v) is 22.0. The number of rotatable bonds is 12. The number of hydrogen-bond donors (Lipinski definition) is 1. The van der Waals surface area contributed by atoms with Gasteiger partial charge >= 0.3 is 0 Å². The summed E-state index contributed by atoms with van der Waals surface area (Å²) in [4.78, 5) is 27.8. The summed E-state index contributed by atoms with van der Waals surface area (Å²) >= 11 is 0. The van der Waals surface area contributed by atoms with Gasteiger partial charge in [0.15, 0.2) is 0 Å². The molecule has 0 heterocycles. The van der Waals surface area contributed by atoms with E-state index in [2.05, 4.69) is 5.32 Å². The number of sulfonamides is 1. The van der Waals surface area contributed by atoms with Crippen molar-refractivity contribution in [3.63, 3.8) is 0 Å². The molecule has 0 saturated heterocycles. The number of benzene rings is 2. The highest BCUT2D eigenvalue weighted by Gasteiger charge is 2.31. The summed E-state index contributed by atoms with van der Waals surface area (Å²) in [6.07, 6.45) is 1.03. The quantitative estimate of drug-likeness (QED) is 0.476. The number of ether oxygens (including phenoxy) is 2. The lowest BCUT2D eigenvalue weighted by atomic mass is 10.1. The maximum atomic E-state index is 13.6. The van der Waals surface area contributed by atoms with Crippen LogP contribution in [0.1, 0.15) is 33.3 Å². The van der Waals surface area contributed by atoms with Gasteiger partial charge in [0.25, 0.3) is 0 Å². The minimum absolute atomic E-state index is 0.111. The first kappa shape index (κ1) is 28.0. The Morgan fingerprint density at radius 2 is 1.66 bits per heavy atom. The molecule has 0 fully saturated rings. The van der Waals surface area contributed by atoms with Gasteiger partial charge in [-0.15, -0.1) is 0 Å². The Balaban J connectivity index is 2.42. The second-order valence-electron chi connectivity index (χ2n) is 8.38. The van der Waals surface area contributed by atoms with Crippen LogP contribution in [0.25, 0.3) is 0 Å². The van der Waals surface area contributed by atoms with Gasteiger partial charge in [-0.05, 0) is 57.5 Å². The minimum Gasteiger partial charge on any atom is -0.497 e. The van der Waals surface area contributed by atoms with E-state index in [0.29, 0.717) is 18.1 Å². The van der Waals surface area contributed by atoms with Crippen LogP contribution in [0, 0.1) is 0 Å². The molecule has 0 aliphatic heterocycles. The summed E-state index contributed by atoms with van der Waals surface area (Å²) in [6.45, 7) is 7.03. The van der Waals surface area contributed by atoms with Crippen LogP contribution in [-0.2, 0) is 26.2 Å². The molecule has 2 rings (SSSR count). The van der Waals surface area contributed by atoms with E-state index in [-0.39, 0.29) is 24.2 Å². The lowest BCUT2D eigenvalue weighted by Crippen LogP contribution is -2.52. The number of carbonyl (C=O) groups excluding carboxylic acids is 2. The number of hydrogen-bond acceptors (Lipinski definition) is 6. The lowest BCUT2D eigenvalue weighted by molar-refractivity contribution is -0.139. The number of para-hydroxylation sites is 2. The highest BCUT2D eigenvalue weighted by molar-refractivity contribution is 7.92. The molecule has 1 N–H and O–H groups in total. The van der Waals surface area contributed by atoms with Crippen LogP contribution in [0.5, 0.6) is 11.5 Å². The number of carbonyl (C=O) groups is 2. The number of nitrogens with zero attached hydrogens (tertiary/aromatic N) is 2. The van der Waals surface area contributed by atoms with Crippen LogP contribution >= 0.6 is 0 Å². The standard InChI is InChI=1S/C25H35N3O6S/c1-7-34-23-11-9-8-10-22(23)28(35(6,31)32)17-24(29)27(19(4)25(30)26-18(2)3)16-20-12-14-21(33-5)15-13-20/h8-15,18-19H,7,16-17H2,1-6H3,(H,26,30)/t19-/m0/s1. The van der Waals surface area contributed by atoms with Gasteiger partial charge in [-0.2, -0.15) is 0 Å². The van der Waals surface area contributed by atoms with Gasteiger partial charge < -0.3 is 19.7 Å². The minimum atomic E-state index is -3.85. The fourth-order valence-corrected chi connectivity index (χ4v) is 4.30. The Morgan fingerprint density at radius 1 is 1.03 bits per heavy atom. The Labute approximate surface area is 208 Å². The van der Waals surface area contributed by atoms with E-state index < -0.39 is 28.5 Å². The summed E-state index contributed by atoms with van der Waals surface area (Å²) in [5.74, 6) is 0.153. The van der Waals surface area contributed by atoms with Crippen LogP contribution in [0.2, 0.25) is 0 Å². The largest absolute Gasteiger partial charge is 0.497 e. The van der Waals surface area contributed by atoms with Crippen molar-refractivity contribution in [2.45, 2.75) is 46.3 Å². The van der Waals surface area contributed by atoms with Crippen LogP contribution < -0.4 is 19.1 Å². The van der Waals surface area contributed by atoms with E-state index in [1.54, 1.807) is 69.5 Å². The Morgan fingerprint density at radius 3 is 2.20 bits per heavy atom. The average Bonchev–Trinajstić information content (AvgIpc) is 2.80. The van der Waals surface area contributed by atoms with E-state index in [9.17, 15) is 18.0 Å². The molecule has 192 valence electrons. The number of anilines is 1. The molecule has 2 aromatic carbocycles.